The SMILES string of the molecule is O=P(O)(O)O.O=P([O-])([O-])OP(=O)([O-])[O-].[Ba+2].[Ba+2]. The van der Waals surface area contributed by atoms with Gasteiger partial charge in [0.25, 0.3) is 0 Å². The van der Waals surface area contributed by atoms with Gasteiger partial charge in [0, 0.05) is 0 Å². The smallest absolute Gasteiger partial charge is 0.790 e. The standard InChI is InChI=1S/2Ba.H4O7P2.H3O4P/c;;1-8(2,3)7-9(4,5)6;1-5(2,3)4/h;;(H2,1,2,3)(H2,4,5,6);(H3,1,2,3,4)/q2*+2;;/p-4. The van der Waals surface area contributed by atoms with Gasteiger partial charge in [0.15, 0.2) is 0 Å². The first-order valence-corrected chi connectivity index (χ1v) is 6.73. The molecule has 11 nitrogen and oxygen atoms in total. The summed E-state index contributed by atoms with van der Waals surface area (Å²) in [5, 5.41) is 0. The molecule has 0 radical (unpaired) electrons. The maximum absolute atomic E-state index is 9.32. The van der Waals surface area contributed by atoms with Gasteiger partial charge >= 0.3 is 106 Å². The molecule has 0 fully saturated rings. The summed E-state index contributed by atoms with van der Waals surface area (Å²) in [5.74, 6) is 0. The van der Waals surface area contributed by atoms with Crippen LogP contribution in [0.4, 0.5) is 0 Å². The van der Waals surface area contributed by atoms with Gasteiger partial charge in [-0.25, -0.2) is 4.57 Å². The molecule has 0 aliphatic carbocycles. The third-order valence-corrected chi connectivity index (χ3v) is 1.80. The molecule has 16 heteroatoms. The van der Waals surface area contributed by atoms with Crippen molar-refractivity contribution in [2.75, 3.05) is 0 Å². The molecule has 0 rings (SSSR count). The molecule has 0 heterocycles. The molecule has 0 aromatic rings. The largest absolute Gasteiger partial charge is 2.00 e. The Balaban J connectivity index is -0.0000000904. The molecule has 0 saturated heterocycles. The van der Waals surface area contributed by atoms with Crippen LogP contribution in [0.2, 0.25) is 0 Å². The molecule has 88 valence electrons. The van der Waals surface area contributed by atoms with Crippen molar-refractivity contribution in [3.05, 3.63) is 0 Å². The molecular weight excluding hydrogens is 544 g/mol. The zero-order valence-electron chi connectivity index (χ0n) is 7.36. The molecule has 0 aliphatic heterocycles. The van der Waals surface area contributed by atoms with E-state index in [4.69, 9.17) is 19.2 Å². The van der Waals surface area contributed by atoms with E-state index in [1.54, 1.807) is 0 Å². The molecule has 16 heavy (non-hydrogen) atoms. The van der Waals surface area contributed by atoms with Crippen LogP contribution >= 0.6 is 23.5 Å². The van der Waals surface area contributed by atoms with Crippen LogP contribution in [0.15, 0.2) is 0 Å². The summed E-state index contributed by atoms with van der Waals surface area (Å²) in [6, 6.07) is 0. The predicted molar refractivity (Wildman–Crippen MR) is 42.1 cm³/mol. The molecule has 0 saturated carbocycles. The van der Waals surface area contributed by atoms with Crippen LogP contribution < -0.4 is 19.6 Å². The molecular formula is H3Ba2O11P3. The van der Waals surface area contributed by atoms with Crippen molar-refractivity contribution >= 4 is 121 Å². The molecule has 0 unspecified atom stereocenters. The van der Waals surface area contributed by atoms with Crippen molar-refractivity contribution in [3.63, 3.8) is 0 Å². The normalized spacial score (nSPS) is 11.4. The maximum Gasteiger partial charge on any atom is 2.00 e. The minimum Gasteiger partial charge on any atom is -0.790 e. The van der Waals surface area contributed by atoms with Crippen LogP contribution in [0.25, 0.3) is 0 Å². The Hall–Kier alpha value is 3.51. The molecule has 0 aromatic heterocycles. The van der Waals surface area contributed by atoms with E-state index >= 15 is 0 Å². The summed E-state index contributed by atoms with van der Waals surface area (Å²) in [6.07, 6.45) is 0. The Morgan fingerprint density at radius 1 is 0.750 bits per heavy atom. The van der Waals surface area contributed by atoms with Gasteiger partial charge in [-0.1, -0.05) is 0 Å². The summed E-state index contributed by atoms with van der Waals surface area (Å²) in [7, 11) is -16.0. The van der Waals surface area contributed by atoms with E-state index in [0.717, 1.165) is 0 Å². The van der Waals surface area contributed by atoms with Crippen molar-refractivity contribution in [1.29, 1.82) is 0 Å². The van der Waals surface area contributed by atoms with E-state index in [0.29, 0.717) is 0 Å². The minimum absolute atomic E-state index is 0. The first-order chi connectivity index (χ1) is 5.71. The van der Waals surface area contributed by atoms with Gasteiger partial charge in [0.1, 0.15) is 0 Å². The van der Waals surface area contributed by atoms with Gasteiger partial charge in [0.2, 0.25) is 0 Å². The van der Waals surface area contributed by atoms with Crippen LogP contribution in [0.1, 0.15) is 0 Å². The Bertz CT molecular complexity index is 262. The first kappa shape index (κ1) is 27.8. The predicted octanol–water partition coefficient (Wildman–Crippen LogP) is -5.03. The van der Waals surface area contributed by atoms with Crippen LogP contribution in [0.5, 0.6) is 0 Å². The molecule has 0 bridgehead atoms. The summed E-state index contributed by atoms with van der Waals surface area (Å²) in [6.45, 7) is 0. The molecule has 0 aliphatic rings. The quantitative estimate of drug-likeness (QED) is 0.220. The van der Waals surface area contributed by atoms with E-state index in [-0.39, 0.29) is 97.8 Å². The Labute approximate surface area is 170 Å². The van der Waals surface area contributed by atoms with Gasteiger partial charge < -0.3 is 47.7 Å². The Kier molecular flexibility index (Phi) is 19.5. The number of rotatable bonds is 2. The molecule has 3 N–H and O–H groups in total. The van der Waals surface area contributed by atoms with Crippen molar-refractivity contribution in [2.24, 2.45) is 0 Å². The molecule has 0 amide bonds. The van der Waals surface area contributed by atoms with E-state index < -0.39 is 23.5 Å². The fraction of sp³-hybridized carbons (Fsp3) is 0. The summed E-state index contributed by atoms with van der Waals surface area (Å²) < 4.78 is 30.0. The molecule has 0 atom stereocenters. The van der Waals surface area contributed by atoms with E-state index in [1.165, 1.54) is 0 Å². The Morgan fingerprint density at radius 3 is 0.875 bits per heavy atom. The van der Waals surface area contributed by atoms with Crippen LogP contribution in [0, 0.1) is 0 Å². The fourth-order valence-corrected chi connectivity index (χ4v) is 1.10. The van der Waals surface area contributed by atoms with E-state index in [2.05, 4.69) is 4.31 Å². The van der Waals surface area contributed by atoms with Gasteiger partial charge in [-0.2, -0.15) is 0 Å². The van der Waals surface area contributed by atoms with Crippen LogP contribution in [-0.2, 0) is 18.0 Å². The topological polar surface area (TPSA) is 213 Å². The zero-order chi connectivity index (χ0) is 12.2. The van der Waals surface area contributed by atoms with Gasteiger partial charge in [-0.3, -0.25) is 0 Å². The van der Waals surface area contributed by atoms with Gasteiger partial charge in [-0.15, -0.1) is 0 Å². The first-order valence-electron chi connectivity index (χ1n) is 2.24. The average Bonchev–Trinajstić information content (AvgIpc) is 1.42. The van der Waals surface area contributed by atoms with Crippen molar-refractivity contribution in [2.45, 2.75) is 0 Å². The monoisotopic (exact) mass is 548 g/mol. The molecule has 0 spiro atoms. The number of hydrogen-bond acceptors (Lipinski definition) is 8. The van der Waals surface area contributed by atoms with Gasteiger partial charge in [0.05, 0.1) is 15.6 Å². The zero-order valence-corrected chi connectivity index (χ0v) is 18.9. The maximum atomic E-state index is 9.32. The summed E-state index contributed by atoms with van der Waals surface area (Å²) in [5.41, 5.74) is 0. The minimum atomic E-state index is -5.68. The third kappa shape index (κ3) is 52.8. The average molecular weight is 547 g/mol. The van der Waals surface area contributed by atoms with E-state index in [1.807, 2.05) is 0 Å². The fourth-order valence-electron chi connectivity index (χ4n) is 0.122. The van der Waals surface area contributed by atoms with Crippen LogP contribution in [-0.4, -0.2) is 112 Å². The van der Waals surface area contributed by atoms with Crippen LogP contribution in [0.3, 0.4) is 0 Å². The van der Waals surface area contributed by atoms with Crippen molar-refractivity contribution < 1.29 is 52.3 Å². The number of phosphoric acid groups is 3. The van der Waals surface area contributed by atoms with Gasteiger partial charge in [-0.05, 0) is 0 Å². The van der Waals surface area contributed by atoms with Crippen molar-refractivity contribution in [3.8, 4) is 0 Å². The van der Waals surface area contributed by atoms with E-state index in [9.17, 15) is 28.7 Å². The summed E-state index contributed by atoms with van der Waals surface area (Å²) >= 11 is 0. The second-order valence-corrected chi connectivity index (χ2v) is 4.96. The number of hydrogen-bond donors (Lipinski definition) is 3. The Morgan fingerprint density at radius 2 is 0.875 bits per heavy atom. The third-order valence-electron chi connectivity index (χ3n) is 0.200. The second-order valence-electron chi connectivity index (χ2n) is 1.49. The second kappa shape index (κ2) is 11.2. The summed E-state index contributed by atoms with van der Waals surface area (Å²) in [4.78, 5) is 58.9. The van der Waals surface area contributed by atoms with Crippen molar-refractivity contribution in [1.82, 2.24) is 0 Å². The molecule has 0 aromatic carbocycles.